The van der Waals surface area contributed by atoms with Crippen molar-refractivity contribution in [2.45, 2.75) is 58.3 Å². The molecule has 0 radical (unpaired) electrons. The molecule has 31 heavy (non-hydrogen) atoms. The number of carboxylic acids is 1. The van der Waals surface area contributed by atoms with Crippen LogP contribution in [0, 0.1) is 11.8 Å². The molecular formula is C24H35N3O4. The molecule has 3 N–H and O–H groups in total. The Hall–Kier alpha value is -2.57. The second-order valence-electron chi connectivity index (χ2n) is 9.04. The minimum Gasteiger partial charge on any atom is -0.481 e. The summed E-state index contributed by atoms with van der Waals surface area (Å²) < 4.78 is 0. The number of hydrogen-bond donors (Lipinski definition) is 2. The van der Waals surface area contributed by atoms with Gasteiger partial charge in [-0.1, -0.05) is 19.8 Å². The van der Waals surface area contributed by atoms with Crippen LogP contribution in [0.4, 0.5) is 5.69 Å². The Kier molecular flexibility index (Phi) is 7.93. The summed E-state index contributed by atoms with van der Waals surface area (Å²) in [6, 6.07) is 4.98. The van der Waals surface area contributed by atoms with Crippen LogP contribution in [0.25, 0.3) is 0 Å². The zero-order valence-corrected chi connectivity index (χ0v) is 18.5. The first-order valence-electron chi connectivity index (χ1n) is 11.6. The summed E-state index contributed by atoms with van der Waals surface area (Å²) in [5.74, 6) is 0.104. The minimum atomic E-state index is -0.773. The largest absolute Gasteiger partial charge is 0.481 e. The normalized spacial score (nSPS) is 18.2. The van der Waals surface area contributed by atoms with E-state index in [1.807, 2.05) is 4.90 Å². The molecule has 0 bridgehead atoms. The molecule has 2 aliphatic heterocycles. The van der Waals surface area contributed by atoms with Gasteiger partial charge in [-0.25, -0.2) is 0 Å². The van der Waals surface area contributed by atoms with Crippen LogP contribution in [0.2, 0.25) is 0 Å². The van der Waals surface area contributed by atoms with E-state index in [1.54, 1.807) is 23.1 Å². The van der Waals surface area contributed by atoms with Gasteiger partial charge < -0.3 is 20.6 Å². The van der Waals surface area contributed by atoms with Crippen LogP contribution < -0.4 is 5.73 Å². The Balaban J connectivity index is 1.61. The van der Waals surface area contributed by atoms with Gasteiger partial charge in [-0.3, -0.25) is 14.4 Å². The third kappa shape index (κ3) is 6.21. The van der Waals surface area contributed by atoms with Crippen molar-refractivity contribution in [1.29, 1.82) is 0 Å². The Labute approximate surface area is 184 Å². The summed E-state index contributed by atoms with van der Waals surface area (Å²) in [5, 5.41) is 8.85. The van der Waals surface area contributed by atoms with Gasteiger partial charge in [0, 0.05) is 49.4 Å². The quantitative estimate of drug-likeness (QED) is 0.644. The predicted molar refractivity (Wildman–Crippen MR) is 120 cm³/mol. The van der Waals surface area contributed by atoms with Gasteiger partial charge in [0.15, 0.2) is 0 Å². The molecule has 7 nitrogen and oxygen atoms in total. The van der Waals surface area contributed by atoms with E-state index in [2.05, 4.69) is 6.92 Å². The average molecular weight is 430 g/mol. The maximum absolute atomic E-state index is 13.0. The molecule has 7 heteroatoms. The monoisotopic (exact) mass is 429 g/mol. The van der Waals surface area contributed by atoms with E-state index in [4.69, 9.17) is 10.8 Å². The lowest BCUT2D eigenvalue weighted by atomic mass is 9.91. The van der Waals surface area contributed by atoms with Crippen LogP contribution >= 0.6 is 0 Å². The Morgan fingerprint density at radius 3 is 1.74 bits per heavy atom. The number of piperidine rings is 2. The molecule has 2 aliphatic rings. The fraction of sp³-hybridized carbons (Fsp3) is 0.625. The van der Waals surface area contributed by atoms with Crippen LogP contribution in [0.3, 0.4) is 0 Å². The number of rotatable bonds is 7. The van der Waals surface area contributed by atoms with Gasteiger partial charge >= 0.3 is 5.97 Å². The van der Waals surface area contributed by atoms with Crippen molar-refractivity contribution in [2.75, 3.05) is 31.9 Å². The number of amides is 2. The number of carboxylic acid groups (broad SMARTS) is 1. The first-order valence-corrected chi connectivity index (χ1v) is 11.6. The Bertz CT molecular complexity index is 794. The van der Waals surface area contributed by atoms with Crippen LogP contribution in [0.15, 0.2) is 18.2 Å². The van der Waals surface area contributed by atoms with E-state index in [-0.39, 0.29) is 18.2 Å². The van der Waals surface area contributed by atoms with E-state index in [1.165, 1.54) is 12.8 Å². The Morgan fingerprint density at radius 2 is 1.32 bits per heavy atom. The molecule has 0 spiro atoms. The van der Waals surface area contributed by atoms with Crippen molar-refractivity contribution < 1.29 is 19.5 Å². The van der Waals surface area contributed by atoms with Crippen LogP contribution in [0.1, 0.15) is 79.0 Å². The first kappa shape index (κ1) is 23.1. The molecule has 1 aromatic carbocycles. The van der Waals surface area contributed by atoms with E-state index in [0.717, 1.165) is 38.8 Å². The first-order chi connectivity index (χ1) is 14.9. The highest BCUT2D eigenvalue weighted by Gasteiger charge is 2.27. The van der Waals surface area contributed by atoms with Crippen molar-refractivity contribution >= 4 is 23.5 Å². The van der Waals surface area contributed by atoms with E-state index in [9.17, 15) is 14.4 Å². The zero-order chi connectivity index (χ0) is 22.4. The molecule has 0 aromatic heterocycles. The molecule has 2 saturated heterocycles. The molecule has 1 aromatic rings. The summed E-state index contributed by atoms with van der Waals surface area (Å²) in [6.07, 6.45) is 6.90. The fourth-order valence-electron chi connectivity index (χ4n) is 4.85. The molecule has 2 amide bonds. The van der Waals surface area contributed by atoms with Crippen molar-refractivity contribution in [2.24, 2.45) is 11.8 Å². The number of nitrogens with zero attached hydrogens (tertiary/aromatic N) is 2. The van der Waals surface area contributed by atoms with Gasteiger partial charge in [0.25, 0.3) is 11.8 Å². The second kappa shape index (κ2) is 10.6. The average Bonchev–Trinajstić information content (AvgIpc) is 2.77. The smallest absolute Gasteiger partial charge is 0.303 e. The highest BCUT2D eigenvalue weighted by atomic mass is 16.4. The third-order valence-electron chi connectivity index (χ3n) is 6.72. The summed E-state index contributed by atoms with van der Waals surface area (Å²) >= 11 is 0. The van der Waals surface area contributed by atoms with Crippen molar-refractivity contribution in [1.82, 2.24) is 9.80 Å². The molecule has 170 valence electrons. The lowest BCUT2D eigenvalue weighted by Gasteiger charge is -2.33. The van der Waals surface area contributed by atoms with Crippen LogP contribution in [-0.4, -0.2) is 58.9 Å². The topological polar surface area (TPSA) is 104 Å². The minimum absolute atomic E-state index is 0.0522. The van der Waals surface area contributed by atoms with Gasteiger partial charge in [-0.05, 0) is 62.1 Å². The number of anilines is 1. The number of hydrogen-bond acceptors (Lipinski definition) is 4. The number of nitrogen functional groups attached to an aromatic ring is 1. The maximum Gasteiger partial charge on any atom is 0.303 e. The highest BCUT2D eigenvalue weighted by molar-refractivity contribution is 6.01. The highest BCUT2D eigenvalue weighted by Crippen LogP contribution is 2.26. The molecule has 2 fully saturated rings. The molecule has 0 unspecified atom stereocenters. The molecular weight excluding hydrogens is 394 g/mol. The van der Waals surface area contributed by atoms with Gasteiger partial charge in [-0.15, -0.1) is 0 Å². The van der Waals surface area contributed by atoms with Gasteiger partial charge in [-0.2, -0.15) is 0 Å². The maximum atomic E-state index is 13.0. The number of carbonyl (C=O) groups excluding carboxylic acids is 2. The number of carbonyl (C=O) groups is 3. The SMILES string of the molecule is CCCC1CCN(C(=O)c2cc(N)cc(C(=O)N3CCC(CCC(=O)O)CC3)c2)CC1. The van der Waals surface area contributed by atoms with Gasteiger partial charge in [0.05, 0.1) is 0 Å². The van der Waals surface area contributed by atoms with Gasteiger partial charge in [0.2, 0.25) is 0 Å². The lowest BCUT2D eigenvalue weighted by Crippen LogP contribution is -2.39. The fourth-order valence-corrected chi connectivity index (χ4v) is 4.85. The lowest BCUT2D eigenvalue weighted by molar-refractivity contribution is -0.137. The summed E-state index contributed by atoms with van der Waals surface area (Å²) in [6.45, 7) is 4.91. The number of nitrogens with two attached hydrogens (primary N) is 1. The van der Waals surface area contributed by atoms with Crippen LogP contribution in [-0.2, 0) is 4.79 Å². The molecule has 3 rings (SSSR count). The molecule has 0 atom stereocenters. The summed E-state index contributed by atoms with van der Waals surface area (Å²) in [7, 11) is 0. The van der Waals surface area contributed by atoms with Crippen molar-refractivity contribution in [3.05, 3.63) is 29.3 Å². The third-order valence-corrected chi connectivity index (χ3v) is 6.72. The molecule has 0 saturated carbocycles. The van der Waals surface area contributed by atoms with E-state index >= 15 is 0 Å². The zero-order valence-electron chi connectivity index (χ0n) is 18.5. The van der Waals surface area contributed by atoms with E-state index in [0.29, 0.717) is 48.2 Å². The second-order valence-corrected chi connectivity index (χ2v) is 9.04. The molecule has 0 aliphatic carbocycles. The van der Waals surface area contributed by atoms with Gasteiger partial charge in [0.1, 0.15) is 0 Å². The summed E-state index contributed by atoms with van der Waals surface area (Å²) in [4.78, 5) is 40.5. The number of likely N-dealkylation sites (tertiary alicyclic amines) is 2. The Morgan fingerprint density at radius 1 is 0.871 bits per heavy atom. The standard InChI is InChI=1S/C24H35N3O4/c1-2-3-17-6-10-26(11-7-17)23(30)19-14-20(16-21(25)15-19)24(31)27-12-8-18(9-13-27)4-5-22(28)29/h14-18H,2-13,25H2,1H3,(H,28,29). The predicted octanol–water partition coefficient (Wildman–Crippen LogP) is 3.64. The summed E-state index contributed by atoms with van der Waals surface area (Å²) in [5.41, 5.74) is 7.40. The number of benzene rings is 1. The number of aliphatic carboxylic acids is 1. The van der Waals surface area contributed by atoms with Crippen molar-refractivity contribution in [3.8, 4) is 0 Å². The van der Waals surface area contributed by atoms with Crippen LogP contribution in [0.5, 0.6) is 0 Å². The van der Waals surface area contributed by atoms with E-state index < -0.39 is 5.97 Å². The van der Waals surface area contributed by atoms with Crippen molar-refractivity contribution in [3.63, 3.8) is 0 Å². The molecule has 2 heterocycles.